The van der Waals surface area contributed by atoms with Crippen LogP contribution in [-0.4, -0.2) is 48.4 Å². The van der Waals surface area contributed by atoms with Crippen molar-refractivity contribution in [3.05, 3.63) is 0 Å². The van der Waals surface area contributed by atoms with Gasteiger partial charge in [-0.2, -0.15) is 0 Å². The van der Waals surface area contributed by atoms with Crippen LogP contribution in [0.5, 0.6) is 0 Å². The van der Waals surface area contributed by atoms with Crippen LogP contribution in [0.1, 0.15) is 32.6 Å². The van der Waals surface area contributed by atoms with E-state index in [2.05, 4.69) is 10.6 Å². The third-order valence-electron chi connectivity index (χ3n) is 4.67. The lowest BCUT2D eigenvalue weighted by molar-refractivity contribution is -0.143. The Labute approximate surface area is 126 Å². The molecule has 0 radical (unpaired) electrons. The van der Waals surface area contributed by atoms with Crippen molar-refractivity contribution in [1.82, 2.24) is 15.5 Å². The summed E-state index contributed by atoms with van der Waals surface area (Å²) in [4.78, 5) is 26.5. The van der Waals surface area contributed by atoms with E-state index in [1.807, 2.05) is 11.8 Å². The molecule has 2 N–H and O–H groups in total. The monoisotopic (exact) mass is 301 g/mol. The summed E-state index contributed by atoms with van der Waals surface area (Å²) in [5, 5.41) is 6.24. The van der Waals surface area contributed by atoms with Crippen LogP contribution >= 0.6 is 12.4 Å². The van der Waals surface area contributed by atoms with Gasteiger partial charge < -0.3 is 15.5 Å². The Morgan fingerprint density at radius 3 is 2.50 bits per heavy atom. The number of nitrogens with zero attached hydrogens (tertiary/aromatic N) is 1. The molecule has 2 amide bonds. The Hall–Kier alpha value is -0.810. The molecule has 3 aliphatic rings. The molecule has 5 nitrogen and oxygen atoms in total. The fraction of sp³-hybridized carbons (Fsp3) is 0.857. The van der Waals surface area contributed by atoms with Gasteiger partial charge in [-0.15, -0.1) is 12.4 Å². The fourth-order valence-corrected chi connectivity index (χ4v) is 2.96. The first-order chi connectivity index (χ1) is 9.16. The Bertz CT molecular complexity index is 383. The number of halogens is 1. The van der Waals surface area contributed by atoms with Crippen molar-refractivity contribution < 1.29 is 9.59 Å². The molecule has 114 valence electrons. The highest BCUT2D eigenvalue weighted by Gasteiger charge is 2.40. The largest absolute Gasteiger partial charge is 0.352 e. The minimum absolute atomic E-state index is 0. The van der Waals surface area contributed by atoms with Gasteiger partial charge in [0.2, 0.25) is 11.8 Å². The van der Waals surface area contributed by atoms with E-state index in [9.17, 15) is 9.59 Å². The Balaban J connectivity index is 0.00000147. The standard InChI is InChI=1S/C14H23N3O2.ClH/c1-9(10-7-15-8-10)14(19)17-6-2-3-12(17)13(18)16-11-4-5-11;/h9-12,15H,2-8H2,1H3,(H,16,18);1H. The number of carbonyl (C=O) groups is 2. The minimum atomic E-state index is -0.219. The van der Waals surface area contributed by atoms with E-state index in [0.29, 0.717) is 12.0 Å². The van der Waals surface area contributed by atoms with E-state index in [1.54, 1.807) is 0 Å². The van der Waals surface area contributed by atoms with E-state index in [1.165, 1.54) is 0 Å². The van der Waals surface area contributed by atoms with Gasteiger partial charge in [0.25, 0.3) is 0 Å². The molecule has 2 aliphatic heterocycles. The second-order valence-electron chi connectivity index (χ2n) is 6.18. The van der Waals surface area contributed by atoms with E-state index in [-0.39, 0.29) is 36.2 Å². The summed E-state index contributed by atoms with van der Waals surface area (Å²) in [6.45, 7) is 4.60. The van der Waals surface area contributed by atoms with Crippen molar-refractivity contribution in [3.63, 3.8) is 0 Å². The zero-order valence-electron chi connectivity index (χ0n) is 11.9. The molecule has 0 aromatic heterocycles. The molecule has 6 heteroatoms. The van der Waals surface area contributed by atoms with Gasteiger partial charge in [-0.1, -0.05) is 6.92 Å². The maximum Gasteiger partial charge on any atom is 0.243 e. The number of rotatable bonds is 4. The van der Waals surface area contributed by atoms with Crippen molar-refractivity contribution in [2.45, 2.75) is 44.7 Å². The van der Waals surface area contributed by atoms with Crippen LogP contribution in [0.2, 0.25) is 0 Å². The van der Waals surface area contributed by atoms with Gasteiger partial charge in [0.05, 0.1) is 0 Å². The Morgan fingerprint density at radius 2 is 1.95 bits per heavy atom. The molecular formula is C14H24ClN3O2. The second-order valence-corrected chi connectivity index (χ2v) is 6.18. The molecule has 2 saturated heterocycles. The number of likely N-dealkylation sites (tertiary alicyclic amines) is 1. The van der Waals surface area contributed by atoms with E-state index in [4.69, 9.17) is 0 Å². The SMILES string of the molecule is CC(C(=O)N1CCCC1C(=O)NC1CC1)C1CNC1.Cl. The topological polar surface area (TPSA) is 61.4 Å². The summed E-state index contributed by atoms with van der Waals surface area (Å²) in [7, 11) is 0. The van der Waals surface area contributed by atoms with Crippen molar-refractivity contribution in [2.24, 2.45) is 11.8 Å². The van der Waals surface area contributed by atoms with Crippen molar-refractivity contribution >= 4 is 24.2 Å². The van der Waals surface area contributed by atoms with Crippen molar-refractivity contribution in [3.8, 4) is 0 Å². The lowest BCUT2D eigenvalue weighted by Gasteiger charge is -2.35. The molecule has 2 atom stereocenters. The molecule has 3 fully saturated rings. The van der Waals surface area contributed by atoms with Gasteiger partial charge in [0.15, 0.2) is 0 Å². The number of carbonyl (C=O) groups excluding carboxylic acids is 2. The molecule has 20 heavy (non-hydrogen) atoms. The van der Waals surface area contributed by atoms with Crippen LogP contribution in [0.4, 0.5) is 0 Å². The summed E-state index contributed by atoms with van der Waals surface area (Å²) in [6.07, 6.45) is 3.96. The third-order valence-corrected chi connectivity index (χ3v) is 4.67. The van der Waals surface area contributed by atoms with Gasteiger partial charge >= 0.3 is 0 Å². The van der Waals surface area contributed by atoms with Crippen LogP contribution < -0.4 is 10.6 Å². The second kappa shape index (κ2) is 6.31. The first-order valence-electron chi connectivity index (χ1n) is 7.48. The highest BCUT2D eigenvalue weighted by molar-refractivity contribution is 5.89. The van der Waals surface area contributed by atoms with E-state index in [0.717, 1.165) is 45.3 Å². The predicted molar refractivity (Wildman–Crippen MR) is 78.7 cm³/mol. The van der Waals surface area contributed by atoms with Gasteiger partial charge in [-0.25, -0.2) is 0 Å². The van der Waals surface area contributed by atoms with Crippen LogP contribution in [0.25, 0.3) is 0 Å². The fourth-order valence-electron chi connectivity index (χ4n) is 2.96. The normalized spacial score (nSPS) is 27.4. The van der Waals surface area contributed by atoms with Gasteiger partial charge in [0, 0.05) is 18.5 Å². The highest BCUT2D eigenvalue weighted by Crippen LogP contribution is 2.26. The molecule has 3 rings (SSSR count). The van der Waals surface area contributed by atoms with E-state index >= 15 is 0 Å². The zero-order chi connectivity index (χ0) is 13.4. The highest BCUT2D eigenvalue weighted by atomic mass is 35.5. The lowest BCUT2D eigenvalue weighted by atomic mass is 9.88. The lowest BCUT2D eigenvalue weighted by Crippen LogP contribution is -2.53. The molecule has 2 unspecified atom stereocenters. The quantitative estimate of drug-likeness (QED) is 0.796. The van der Waals surface area contributed by atoms with Crippen molar-refractivity contribution in [1.29, 1.82) is 0 Å². The molecule has 1 saturated carbocycles. The maximum absolute atomic E-state index is 12.5. The summed E-state index contributed by atoms with van der Waals surface area (Å²) >= 11 is 0. The molecule has 2 heterocycles. The zero-order valence-corrected chi connectivity index (χ0v) is 12.7. The Morgan fingerprint density at radius 1 is 1.25 bits per heavy atom. The van der Waals surface area contributed by atoms with Crippen LogP contribution in [0.3, 0.4) is 0 Å². The molecule has 0 bridgehead atoms. The van der Waals surface area contributed by atoms with E-state index < -0.39 is 0 Å². The molecular weight excluding hydrogens is 278 g/mol. The predicted octanol–water partition coefficient (Wildman–Crippen LogP) is 0.533. The number of hydrogen-bond donors (Lipinski definition) is 2. The van der Waals surface area contributed by atoms with Crippen LogP contribution in [0.15, 0.2) is 0 Å². The summed E-state index contributed by atoms with van der Waals surface area (Å²) < 4.78 is 0. The summed E-state index contributed by atoms with van der Waals surface area (Å²) in [5.74, 6) is 0.711. The summed E-state index contributed by atoms with van der Waals surface area (Å²) in [6, 6.07) is 0.155. The first-order valence-corrected chi connectivity index (χ1v) is 7.48. The Kier molecular flexibility index (Phi) is 4.91. The van der Waals surface area contributed by atoms with Crippen molar-refractivity contribution in [2.75, 3.05) is 19.6 Å². The average molecular weight is 302 g/mol. The number of amides is 2. The van der Waals surface area contributed by atoms with Crippen LogP contribution in [0, 0.1) is 11.8 Å². The average Bonchev–Trinajstić information content (AvgIpc) is 2.99. The number of nitrogens with one attached hydrogen (secondary N) is 2. The maximum atomic E-state index is 12.5. The summed E-state index contributed by atoms with van der Waals surface area (Å²) in [5.41, 5.74) is 0. The van der Waals surface area contributed by atoms with Gasteiger partial charge in [-0.05, 0) is 44.7 Å². The molecule has 0 spiro atoms. The third kappa shape index (κ3) is 3.09. The first kappa shape index (κ1) is 15.6. The van der Waals surface area contributed by atoms with Crippen LogP contribution in [-0.2, 0) is 9.59 Å². The van der Waals surface area contributed by atoms with Gasteiger partial charge in [-0.3, -0.25) is 9.59 Å². The minimum Gasteiger partial charge on any atom is -0.352 e. The van der Waals surface area contributed by atoms with Gasteiger partial charge in [0.1, 0.15) is 6.04 Å². The molecule has 0 aromatic rings. The molecule has 0 aromatic carbocycles. The molecule has 1 aliphatic carbocycles. The smallest absolute Gasteiger partial charge is 0.243 e. The number of hydrogen-bond acceptors (Lipinski definition) is 3.